The molecule has 3 N–H and O–H groups in total. The van der Waals surface area contributed by atoms with Gasteiger partial charge >= 0.3 is 5.97 Å². The number of primary sulfonamides is 1. The highest BCUT2D eigenvalue weighted by Crippen LogP contribution is 2.13. The zero-order valence-electron chi connectivity index (χ0n) is 16.1. The molecule has 0 unspecified atom stereocenters. The third-order valence-corrected chi connectivity index (χ3v) is 5.28. The maximum Gasteiger partial charge on any atom is 0.306 e. The van der Waals surface area contributed by atoms with Crippen LogP contribution in [0.1, 0.15) is 17.7 Å². The third-order valence-electron chi connectivity index (χ3n) is 4.35. The van der Waals surface area contributed by atoms with Crippen LogP contribution in [0.2, 0.25) is 0 Å². The number of ether oxygens (including phenoxy) is 1. The van der Waals surface area contributed by atoms with E-state index < -0.39 is 21.9 Å². The van der Waals surface area contributed by atoms with E-state index in [-0.39, 0.29) is 24.5 Å². The zero-order valence-corrected chi connectivity index (χ0v) is 16.9. The van der Waals surface area contributed by atoms with Crippen molar-refractivity contribution in [1.82, 2.24) is 10.3 Å². The molecule has 1 heterocycles. The molecule has 3 rings (SSSR count). The second-order valence-electron chi connectivity index (χ2n) is 6.62. The van der Waals surface area contributed by atoms with Crippen molar-refractivity contribution in [2.45, 2.75) is 24.3 Å². The van der Waals surface area contributed by atoms with Crippen LogP contribution < -0.4 is 10.5 Å². The van der Waals surface area contributed by atoms with E-state index in [1.165, 1.54) is 12.1 Å². The Morgan fingerprint density at radius 2 is 1.73 bits per heavy atom. The van der Waals surface area contributed by atoms with Gasteiger partial charge in [0.05, 0.1) is 16.8 Å². The molecule has 0 saturated carbocycles. The number of benzene rings is 2. The Labute approximate surface area is 174 Å². The van der Waals surface area contributed by atoms with Gasteiger partial charge in [-0.3, -0.25) is 14.6 Å². The topological polar surface area (TPSA) is 128 Å². The fourth-order valence-electron chi connectivity index (χ4n) is 2.74. The lowest BCUT2D eigenvalue weighted by Gasteiger charge is -2.07. The van der Waals surface area contributed by atoms with E-state index in [4.69, 9.17) is 9.88 Å². The number of pyridine rings is 1. The molecule has 2 aromatic carbocycles. The Morgan fingerprint density at radius 3 is 2.47 bits per heavy atom. The van der Waals surface area contributed by atoms with Crippen LogP contribution in [-0.2, 0) is 37.3 Å². The Balaban J connectivity index is 1.40. The molecular weight excluding hydrogens is 406 g/mol. The molecule has 8 nitrogen and oxygen atoms in total. The molecule has 0 aliphatic rings. The van der Waals surface area contributed by atoms with Gasteiger partial charge in [0.1, 0.15) is 0 Å². The summed E-state index contributed by atoms with van der Waals surface area (Å²) < 4.78 is 27.4. The lowest BCUT2D eigenvalue weighted by molar-refractivity contribution is -0.148. The number of aromatic nitrogens is 1. The molecule has 0 aliphatic carbocycles. The number of esters is 1. The van der Waals surface area contributed by atoms with Crippen LogP contribution in [0.5, 0.6) is 0 Å². The first-order valence-corrected chi connectivity index (χ1v) is 10.7. The maximum absolute atomic E-state index is 11.9. The molecule has 1 amide bonds. The van der Waals surface area contributed by atoms with E-state index in [2.05, 4.69) is 10.3 Å². The molecular formula is C21H21N3O5S. The minimum atomic E-state index is -3.75. The van der Waals surface area contributed by atoms with Crippen molar-refractivity contribution in [2.24, 2.45) is 5.14 Å². The predicted molar refractivity (Wildman–Crippen MR) is 111 cm³/mol. The van der Waals surface area contributed by atoms with Gasteiger partial charge in [0.15, 0.2) is 6.61 Å². The molecule has 156 valence electrons. The number of amides is 1. The Kier molecular flexibility index (Phi) is 6.76. The van der Waals surface area contributed by atoms with Gasteiger partial charge in [-0.1, -0.05) is 36.4 Å². The smallest absolute Gasteiger partial charge is 0.306 e. The molecule has 0 fully saturated rings. The van der Waals surface area contributed by atoms with Gasteiger partial charge in [-0.25, -0.2) is 13.6 Å². The average Bonchev–Trinajstić information content (AvgIpc) is 2.74. The minimum Gasteiger partial charge on any atom is -0.456 e. The zero-order chi connectivity index (χ0) is 21.6. The number of carbonyl (C=O) groups is 2. The number of fused-ring (bicyclic) bond motifs is 1. The van der Waals surface area contributed by atoms with Crippen molar-refractivity contribution in [1.29, 1.82) is 0 Å². The fraction of sp³-hybridized carbons (Fsp3) is 0.190. The third kappa shape index (κ3) is 6.10. The van der Waals surface area contributed by atoms with E-state index in [1.54, 1.807) is 12.1 Å². The molecule has 3 aromatic rings. The maximum atomic E-state index is 11.9. The van der Waals surface area contributed by atoms with Crippen LogP contribution >= 0.6 is 0 Å². The first-order valence-electron chi connectivity index (χ1n) is 9.20. The Morgan fingerprint density at radius 1 is 1.00 bits per heavy atom. The molecule has 0 atom stereocenters. The second-order valence-corrected chi connectivity index (χ2v) is 8.18. The van der Waals surface area contributed by atoms with Crippen LogP contribution in [0.25, 0.3) is 10.9 Å². The minimum absolute atomic E-state index is 0.00703. The highest BCUT2D eigenvalue weighted by Gasteiger charge is 2.10. The number of rotatable bonds is 8. The highest BCUT2D eigenvalue weighted by atomic mass is 32.2. The van der Waals surface area contributed by atoms with Gasteiger partial charge in [0.2, 0.25) is 10.0 Å². The number of hydrogen-bond donors (Lipinski definition) is 2. The number of hydrogen-bond acceptors (Lipinski definition) is 6. The number of nitrogens with one attached hydrogen (secondary N) is 1. The van der Waals surface area contributed by atoms with Gasteiger partial charge in [0.25, 0.3) is 5.91 Å². The van der Waals surface area contributed by atoms with Gasteiger partial charge in [0, 0.05) is 24.0 Å². The highest BCUT2D eigenvalue weighted by molar-refractivity contribution is 7.89. The average molecular weight is 427 g/mol. The summed E-state index contributed by atoms with van der Waals surface area (Å²) in [6, 6.07) is 17.3. The van der Waals surface area contributed by atoms with Crippen LogP contribution in [0.3, 0.4) is 0 Å². The quantitative estimate of drug-likeness (QED) is 0.526. The van der Waals surface area contributed by atoms with E-state index in [0.717, 1.165) is 16.6 Å². The van der Waals surface area contributed by atoms with Crippen molar-refractivity contribution in [3.63, 3.8) is 0 Å². The lowest BCUT2D eigenvalue weighted by Crippen LogP contribution is -2.28. The van der Waals surface area contributed by atoms with Gasteiger partial charge in [-0.15, -0.1) is 0 Å². The number of nitrogens with zero attached hydrogens (tertiary/aromatic N) is 1. The lowest BCUT2D eigenvalue weighted by atomic mass is 10.1. The number of carbonyl (C=O) groups excluding carboxylic acids is 2. The second kappa shape index (κ2) is 9.47. The van der Waals surface area contributed by atoms with Crippen molar-refractivity contribution in [2.75, 3.05) is 6.61 Å². The summed E-state index contributed by atoms with van der Waals surface area (Å²) in [4.78, 5) is 28.2. The fourth-order valence-corrected chi connectivity index (χ4v) is 3.26. The van der Waals surface area contributed by atoms with E-state index in [9.17, 15) is 18.0 Å². The SMILES string of the molecule is NS(=O)(=O)c1ccc(CNC(=O)COC(=O)CCc2ccc3ccccc3n2)cc1. The Hall–Kier alpha value is -3.30. The largest absolute Gasteiger partial charge is 0.456 e. The van der Waals surface area contributed by atoms with Crippen LogP contribution in [0, 0.1) is 0 Å². The number of aryl methyl sites for hydroxylation is 1. The van der Waals surface area contributed by atoms with Crippen molar-refractivity contribution in [3.05, 3.63) is 71.9 Å². The number of sulfonamides is 1. The van der Waals surface area contributed by atoms with Gasteiger partial charge < -0.3 is 10.1 Å². The van der Waals surface area contributed by atoms with E-state index in [1.807, 2.05) is 36.4 Å². The summed E-state index contributed by atoms with van der Waals surface area (Å²) in [5.74, 6) is -0.944. The van der Waals surface area contributed by atoms with Crippen LogP contribution in [0.4, 0.5) is 0 Å². The summed E-state index contributed by atoms with van der Waals surface area (Å²) in [7, 11) is -3.75. The van der Waals surface area contributed by atoms with Crippen molar-refractivity contribution < 1.29 is 22.7 Å². The first kappa shape index (κ1) is 21.4. The summed E-state index contributed by atoms with van der Waals surface area (Å²) in [6.45, 7) is -0.221. The predicted octanol–water partition coefficient (Wildman–Crippen LogP) is 1.67. The van der Waals surface area contributed by atoms with Crippen LogP contribution in [0.15, 0.2) is 65.6 Å². The van der Waals surface area contributed by atoms with Gasteiger partial charge in [-0.05, 0) is 29.8 Å². The summed E-state index contributed by atoms with van der Waals surface area (Å²) in [5.41, 5.74) is 2.32. The summed E-state index contributed by atoms with van der Waals surface area (Å²) in [5, 5.41) is 8.66. The van der Waals surface area contributed by atoms with Crippen LogP contribution in [-0.4, -0.2) is 31.9 Å². The molecule has 0 spiro atoms. The molecule has 0 saturated heterocycles. The molecule has 1 aromatic heterocycles. The van der Waals surface area contributed by atoms with Gasteiger partial charge in [-0.2, -0.15) is 0 Å². The molecule has 9 heteroatoms. The molecule has 0 aliphatic heterocycles. The molecule has 30 heavy (non-hydrogen) atoms. The van der Waals surface area contributed by atoms with E-state index >= 15 is 0 Å². The van der Waals surface area contributed by atoms with E-state index in [0.29, 0.717) is 12.0 Å². The normalized spacial score (nSPS) is 11.2. The van der Waals surface area contributed by atoms with Crippen molar-refractivity contribution >= 4 is 32.8 Å². The Bertz CT molecular complexity index is 1160. The molecule has 0 radical (unpaired) electrons. The summed E-state index contributed by atoms with van der Waals surface area (Å²) in [6.07, 6.45) is 0.537. The summed E-state index contributed by atoms with van der Waals surface area (Å²) >= 11 is 0. The number of para-hydroxylation sites is 1. The monoisotopic (exact) mass is 427 g/mol. The first-order chi connectivity index (χ1) is 14.3. The molecule has 0 bridgehead atoms. The standard InChI is InChI=1S/C21H21N3O5S/c22-30(27,28)18-10-5-15(6-11-18)13-23-20(25)14-29-21(26)12-9-17-8-7-16-3-1-2-4-19(16)24-17/h1-8,10-11H,9,12-14H2,(H,23,25)(H2,22,27,28). The number of nitrogens with two attached hydrogens (primary N) is 1. The van der Waals surface area contributed by atoms with Crippen molar-refractivity contribution in [3.8, 4) is 0 Å².